The van der Waals surface area contributed by atoms with Crippen molar-refractivity contribution in [1.82, 2.24) is 0 Å². The molecule has 100 valence electrons. The van der Waals surface area contributed by atoms with Crippen LogP contribution in [0.2, 0.25) is 0 Å². The van der Waals surface area contributed by atoms with Gasteiger partial charge in [-0.2, -0.15) is 0 Å². The van der Waals surface area contributed by atoms with E-state index in [1.165, 1.54) is 5.39 Å². The van der Waals surface area contributed by atoms with Crippen LogP contribution in [-0.4, -0.2) is 0 Å². The van der Waals surface area contributed by atoms with Gasteiger partial charge in [0.1, 0.15) is 5.82 Å². The highest BCUT2D eigenvalue weighted by atomic mass is 19.1. The molecule has 0 radical (unpaired) electrons. The Morgan fingerprint density at radius 2 is 1.24 bits per heavy atom. The summed E-state index contributed by atoms with van der Waals surface area (Å²) in [4.78, 5) is 0. The Hall–Kier alpha value is -2.67. The van der Waals surface area contributed by atoms with E-state index in [0.717, 1.165) is 16.3 Å². The zero-order valence-corrected chi connectivity index (χ0v) is 11.4. The first-order valence-corrected chi connectivity index (χ1v) is 6.99. The summed E-state index contributed by atoms with van der Waals surface area (Å²) >= 11 is 0. The molecule has 0 aliphatic rings. The van der Waals surface area contributed by atoms with Crippen LogP contribution in [0.5, 0.6) is 0 Å². The molecule has 0 nitrogen and oxygen atoms in total. The molecule has 0 spiro atoms. The Labute approximate surface area is 122 Å². The summed E-state index contributed by atoms with van der Waals surface area (Å²) in [6.07, 6.45) is 0. The lowest BCUT2D eigenvalue weighted by molar-refractivity contribution is 0.643. The van der Waals surface area contributed by atoms with Crippen LogP contribution in [0, 0.1) is 5.82 Å². The maximum Gasteiger partial charge on any atom is 0.138 e. The zero-order chi connectivity index (χ0) is 14.2. The highest BCUT2D eigenvalue weighted by molar-refractivity contribution is 5.91. The fourth-order valence-electron chi connectivity index (χ4n) is 2.81. The molecule has 0 saturated heterocycles. The Morgan fingerprint density at radius 3 is 2.10 bits per heavy atom. The van der Waals surface area contributed by atoms with Crippen molar-refractivity contribution in [2.24, 2.45) is 0 Å². The minimum absolute atomic E-state index is 0.150. The van der Waals surface area contributed by atoms with Gasteiger partial charge in [0.05, 0.1) is 0 Å². The fourth-order valence-corrected chi connectivity index (χ4v) is 2.81. The van der Waals surface area contributed by atoms with Crippen molar-refractivity contribution < 1.29 is 4.39 Å². The summed E-state index contributed by atoms with van der Waals surface area (Å²) in [5.41, 5.74) is 1.57. The van der Waals surface area contributed by atoms with Gasteiger partial charge in [-0.05, 0) is 27.8 Å². The number of halogens is 1. The van der Waals surface area contributed by atoms with Crippen LogP contribution < -0.4 is 0 Å². The topological polar surface area (TPSA) is 0 Å². The van der Waals surface area contributed by atoms with E-state index in [2.05, 4.69) is 12.1 Å². The molecule has 0 unspecified atom stereocenters. The van der Waals surface area contributed by atoms with E-state index in [4.69, 9.17) is 0 Å². The van der Waals surface area contributed by atoms with Crippen molar-refractivity contribution in [1.29, 1.82) is 0 Å². The van der Waals surface area contributed by atoms with Crippen molar-refractivity contribution in [3.05, 3.63) is 84.7 Å². The first-order chi connectivity index (χ1) is 10.3. The van der Waals surface area contributed by atoms with Crippen LogP contribution in [0.1, 0.15) is 0 Å². The molecule has 0 fully saturated rings. The second-order valence-corrected chi connectivity index (χ2v) is 5.21. The largest absolute Gasteiger partial charge is 0.206 e. The maximum absolute atomic E-state index is 14.8. The second kappa shape index (κ2) is 4.71. The van der Waals surface area contributed by atoms with E-state index < -0.39 is 0 Å². The third kappa shape index (κ3) is 1.98. The Bertz CT molecular complexity index is 954. The van der Waals surface area contributed by atoms with E-state index >= 15 is 0 Å². The summed E-state index contributed by atoms with van der Waals surface area (Å²) in [7, 11) is 0. The van der Waals surface area contributed by atoms with Crippen LogP contribution in [0.15, 0.2) is 78.9 Å². The van der Waals surface area contributed by atoms with Gasteiger partial charge in [0.2, 0.25) is 0 Å². The molecule has 0 heterocycles. The first-order valence-electron chi connectivity index (χ1n) is 6.99. The van der Waals surface area contributed by atoms with Crippen LogP contribution in [0.3, 0.4) is 0 Å². The van der Waals surface area contributed by atoms with Gasteiger partial charge in [-0.15, -0.1) is 0 Å². The van der Waals surface area contributed by atoms with Gasteiger partial charge in [0.25, 0.3) is 0 Å². The summed E-state index contributed by atoms with van der Waals surface area (Å²) < 4.78 is 14.8. The van der Waals surface area contributed by atoms with E-state index in [9.17, 15) is 4.39 Å². The van der Waals surface area contributed by atoms with Crippen molar-refractivity contribution in [3.63, 3.8) is 0 Å². The molecule has 4 aromatic carbocycles. The van der Waals surface area contributed by atoms with Gasteiger partial charge in [0, 0.05) is 10.9 Å². The first kappa shape index (κ1) is 12.1. The van der Waals surface area contributed by atoms with Gasteiger partial charge in [0.15, 0.2) is 0 Å². The highest BCUT2D eigenvalue weighted by Gasteiger charge is 2.09. The molecule has 4 rings (SSSR count). The number of rotatable bonds is 1. The van der Waals surface area contributed by atoms with Gasteiger partial charge < -0.3 is 0 Å². The molecule has 0 N–H and O–H groups in total. The van der Waals surface area contributed by atoms with Gasteiger partial charge in [-0.1, -0.05) is 72.8 Å². The molecule has 0 aliphatic carbocycles. The van der Waals surface area contributed by atoms with Crippen molar-refractivity contribution in [2.75, 3.05) is 0 Å². The predicted molar refractivity (Wildman–Crippen MR) is 86.8 cm³/mol. The van der Waals surface area contributed by atoms with Crippen molar-refractivity contribution in [3.8, 4) is 11.1 Å². The zero-order valence-electron chi connectivity index (χ0n) is 11.4. The Kier molecular flexibility index (Phi) is 2.71. The number of fused-ring (bicyclic) bond motifs is 2. The second-order valence-electron chi connectivity index (χ2n) is 5.21. The average Bonchev–Trinajstić information content (AvgIpc) is 2.55. The lowest BCUT2D eigenvalue weighted by Gasteiger charge is -2.08. The lowest BCUT2D eigenvalue weighted by Crippen LogP contribution is -1.87. The molecule has 0 saturated carbocycles. The quantitative estimate of drug-likeness (QED) is 0.411. The van der Waals surface area contributed by atoms with Gasteiger partial charge in [-0.3, -0.25) is 0 Å². The van der Waals surface area contributed by atoms with E-state index in [1.807, 2.05) is 66.7 Å². The monoisotopic (exact) mass is 272 g/mol. The third-order valence-electron chi connectivity index (χ3n) is 3.92. The molecule has 0 bridgehead atoms. The SMILES string of the molecule is Fc1c(-c2ccc3ccccc3c2)ccc2ccccc12. The molecule has 0 aromatic heterocycles. The summed E-state index contributed by atoms with van der Waals surface area (Å²) in [6, 6.07) is 25.6. The van der Waals surface area contributed by atoms with E-state index in [1.54, 1.807) is 0 Å². The molecular formula is C20H13F. The van der Waals surface area contributed by atoms with Crippen molar-refractivity contribution in [2.45, 2.75) is 0 Å². The van der Waals surface area contributed by atoms with Crippen LogP contribution in [-0.2, 0) is 0 Å². The highest BCUT2D eigenvalue weighted by Crippen LogP contribution is 2.30. The molecule has 0 aliphatic heterocycles. The van der Waals surface area contributed by atoms with Gasteiger partial charge >= 0.3 is 0 Å². The summed E-state index contributed by atoms with van der Waals surface area (Å²) in [5, 5.41) is 3.90. The molecule has 0 atom stereocenters. The van der Waals surface area contributed by atoms with Gasteiger partial charge in [-0.25, -0.2) is 4.39 Å². The molecule has 21 heavy (non-hydrogen) atoms. The minimum Gasteiger partial charge on any atom is -0.206 e. The third-order valence-corrected chi connectivity index (χ3v) is 3.92. The smallest absolute Gasteiger partial charge is 0.138 e. The van der Waals surface area contributed by atoms with E-state index in [-0.39, 0.29) is 5.82 Å². The Morgan fingerprint density at radius 1 is 0.571 bits per heavy atom. The molecular weight excluding hydrogens is 259 g/mol. The van der Waals surface area contributed by atoms with Crippen molar-refractivity contribution >= 4 is 21.5 Å². The van der Waals surface area contributed by atoms with Crippen LogP contribution in [0.25, 0.3) is 32.7 Å². The minimum atomic E-state index is -0.150. The average molecular weight is 272 g/mol. The summed E-state index contributed by atoms with van der Waals surface area (Å²) in [5.74, 6) is -0.150. The molecule has 1 heteroatoms. The standard InChI is InChI=1S/C20H13F/c21-20-18-8-4-3-6-15(18)11-12-19(20)17-10-9-14-5-1-2-7-16(14)13-17/h1-13H. The van der Waals surface area contributed by atoms with E-state index in [0.29, 0.717) is 10.9 Å². The maximum atomic E-state index is 14.8. The number of benzene rings is 4. The predicted octanol–water partition coefficient (Wildman–Crippen LogP) is 5.80. The summed E-state index contributed by atoms with van der Waals surface area (Å²) in [6.45, 7) is 0. The fraction of sp³-hybridized carbons (Fsp3) is 0. The number of hydrogen-bond donors (Lipinski definition) is 0. The lowest BCUT2D eigenvalue weighted by atomic mass is 9.98. The molecule has 4 aromatic rings. The normalized spacial score (nSPS) is 11.1. The van der Waals surface area contributed by atoms with Crippen LogP contribution in [0.4, 0.5) is 4.39 Å². The molecule has 0 amide bonds. The number of hydrogen-bond acceptors (Lipinski definition) is 0. The van der Waals surface area contributed by atoms with Crippen LogP contribution >= 0.6 is 0 Å². The Balaban J connectivity index is 1.97.